The zero-order valence-corrected chi connectivity index (χ0v) is 46.8. The van der Waals surface area contributed by atoms with Crippen molar-refractivity contribution in [1.29, 1.82) is 0 Å². The van der Waals surface area contributed by atoms with Crippen LogP contribution in [0.15, 0.2) is 195 Å². The molecule has 4 aromatic heterocycles. The van der Waals surface area contributed by atoms with Gasteiger partial charge in [-0.25, -0.2) is 9.13 Å². The Labute approximate surface area is 493 Å². The Bertz CT molecular complexity index is 3710. The van der Waals surface area contributed by atoms with Crippen LogP contribution in [0.5, 0.6) is 0 Å². The highest BCUT2D eigenvalue weighted by atomic mass is 16.4. The second kappa shape index (κ2) is 29.5. The van der Waals surface area contributed by atoms with E-state index in [9.17, 15) is 59.4 Å². The van der Waals surface area contributed by atoms with E-state index in [1.165, 1.54) is 0 Å². The minimum absolute atomic E-state index is 0.0932. The Morgan fingerprint density at radius 3 is 1.24 bits per heavy atom. The smallest absolute Gasteiger partial charge is 0.423 e. The van der Waals surface area contributed by atoms with Gasteiger partial charge in [0, 0.05) is 59.6 Å². The van der Waals surface area contributed by atoms with Crippen LogP contribution in [-0.2, 0) is 35.8 Å². The van der Waals surface area contributed by atoms with E-state index in [0.29, 0.717) is 74.0 Å². The zero-order valence-electron chi connectivity index (χ0n) is 46.8. The van der Waals surface area contributed by atoms with Crippen molar-refractivity contribution in [2.45, 2.75) is 52.0 Å². The van der Waals surface area contributed by atoms with E-state index in [-0.39, 0.29) is 73.6 Å². The van der Waals surface area contributed by atoms with Gasteiger partial charge in [-0.05, 0) is 65.9 Å². The number of carbonyl (C=O) groups is 4. The van der Waals surface area contributed by atoms with Gasteiger partial charge < -0.3 is 61.5 Å². The summed E-state index contributed by atoms with van der Waals surface area (Å²) >= 11 is 0. The summed E-state index contributed by atoms with van der Waals surface area (Å²) in [7, 11) is -6.92. The van der Waals surface area contributed by atoms with E-state index in [4.69, 9.17) is 0 Å². The quantitative estimate of drug-likeness (QED) is 0.0113. The summed E-state index contributed by atoms with van der Waals surface area (Å²) in [6.07, 6.45) is 14.4. The van der Waals surface area contributed by atoms with Gasteiger partial charge in [0.1, 0.15) is 17.2 Å². The molecule has 430 valence electrons. The summed E-state index contributed by atoms with van der Waals surface area (Å²) in [5.74, 6) is -2.09. The molecule has 1 unspecified atom stereocenters. The first-order chi connectivity index (χ1) is 40.9. The number of hydrogen-bond donors (Lipinski definition) is 12. The lowest BCUT2D eigenvalue weighted by Gasteiger charge is -2.19. The number of aromatic nitrogens is 4. The third-order valence-electron chi connectivity index (χ3n) is 14.2. The molecular weight excluding hydrogens is 1080 g/mol. The van der Waals surface area contributed by atoms with Gasteiger partial charge in [0.2, 0.25) is 11.8 Å². The van der Waals surface area contributed by atoms with Gasteiger partial charge in [-0.1, -0.05) is 104 Å². The number of carbonyl (C=O) groups excluding carboxylic acids is 4. The SMILES string of the molecule is C=C(C)C(=O)NCCCNC(=O)C(CCNC(=O)c1cc(-c2ccc[n+](Cc3ccccc3B(O)O)c2)c[n+](Cc2ccccc2B(O)O)c1)NC(=O)c1cc(-c2ccc[n+](Cc3ccccc3B(O)O)c2)c[n+](Cc2ccccc2B(O)O)c1. The summed E-state index contributed by atoms with van der Waals surface area (Å²) in [6.45, 7) is 6.26. The molecular formula is C61H66B4N8O12+4. The lowest BCUT2D eigenvalue weighted by atomic mass is 9.77. The van der Waals surface area contributed by atoms with Crippen molar-refractivity contribution in [3.8, 4) is 22.3 Å². The van der Waals surface area contributed by atoms with Crippen molar-refractivity contribution in [3.63, 3.8) is 0 Å². The summed E-state index contributed by atoms with van der Waals surface area (Å²) < 4.78 is 7.19. The Morgan fingerprint density at radius 1 is 0.447 bits per heavy atom. The number of hydrogen-bond acceptors (Lipinski definition) is 12. The molecule has 0 saturated heterocycles. The third kappa shape index (κ3) is 17.1. The lowest BCUT2D eigenvalue weighted by Crippen LogP contribution is -2.49. The molecule has 0 radical (unpaired) electrons. The molecule has 0 aliphatic carbocycles. The fourth-order valence-corrected chi connectivity index (χ4v) is 9.83. The lowest BCUT2D eigenvalue weighted by molar-refractivity contribution is -0.689. The molecule has 12 N–H and O–H groups in total. The van der Waals surface area contributed by atoms with Gasteiger partial charge in [-0.15, -0.1) is 0 Å². The molecule has 0 aliphatic heterocycles. The number of nitrogens with zero attached hydrogens (tertiary/aromatic N) is 4. The molecule has 4 heterocycles. The minimum Gasteiger partial charge on any atom is -0.423 e. The van der Waals surface area contributed by atoms with E-state index in [1.54, 1.807) is 144 Å². The van der Waals surface area contributed by atoms with E-state index in [2.05, 4.69) is 27.8 Å². The van der Waals surface area contributed by atoms with Crippen molar-refractivity contribution in [1.82, 2.24) is 21.3 Å². The maximum atomic E-state index is 14.7. The first-order valence-corrected chi connectivity index (χ1v) is 27.5. The number of benzene rings is 4. The summed E-state index contributed by atoms with van der Waals surface area (Å²) in [4.78, 5) is 55.5. The molecule has 0 spiro atoms. The van der Waals surface area contributed by atoms with Crippen molar-refractivity contribution in [3.05, 3.63) is 229 Å². The van der Waals surface area contributed by atoms with Gasteiger partial charge in [0.15, 0.2) is 75.8 Å². The summed E-state index contributed by atoms with van der Waals surface area (Å²) in [5, 5.41) is 92.7. The summed E-state index contributed by atoms with van der Waals surface area (Å²) in [6, 6.07) is 36.9. The molecule has 8 aromatic rings. The largest absolute Gasteiger partial charge is 0.488 e. The van der Waals surface area contributed by atoms with Gasteiger partial charge in [0.05, 0.1) is 22.3 Å². The second-order valence-corrected chi connectivity index (χ2v) is 20.5. The van der Waals surface area contributed by atoms with Crippen LogP contribution < -0.4 is 61.4 Å². The molecule has 4 amide bonds. The highest BCUT2D eigenvalue weighted by molar-refractivity contribution is 6.60. The van der Waals surface area contributed by atoms with Crippen LogP contribution in [0.4, 0.5) is 0 Å². The van der Waals surface area contributed by atoms with Crippen molar-refractivity contribution in [2.75, 3.05) is 19.6 Å². The van der Waals surface area contributed by atoms with Crippen LogP contribution in [0.3, 0.4) is 0 Å². The van der Waals surface area contributed by atoms with Crippen LogP contribution >= 0.6 is 0 Å². The third-order valence-corrected chi connectivity index (χ3v) is 14.2. The maximum Gasteiger partial charge on any atom is 0.488 e. The fourth-order valence-electron chi connectivity index (χ4n) is 9.83. The van der Waals surface area contributed by atoms with Crippen LogP contribution in [0, 0.1) is 0 Å². The van der Waals surface area contributed by atoms with E-state index < -0.39 is 52.2 Å². The number of rotatable bonds is 26. The maximum absolute atomic E-state index is 14.7. The van der Waals surface area contributed by atoms with Crippen LogP contribution in [-0.4, -0.2) is 118 Å². The Morgan fingerprint density at radius 2 is 0.824 bits per heavy atom. The highest BCUT2D eigenvalue weighted by Gasteiger charge is 2.28. The molecule has 85 heavy (non-hydrogen) atoms. The molecule has 0 bridgehead atoms. The topological polar surface area (TPSA) is 294 Å². The molecule has 0 saturated carbocycles. The number of pyridine rings is 4. The fraction of sp³-hybridized carbons (Fsp3) is 0.180. The van der Waals surface area contributed by atoms with Gasteiger partial charge in [-0.3, -0.25) is 19.2 Å². The van der Waals surface area contributed by atoms with E-state index in [0.717, 1.165) is 0 Å². The monoisotopic (exact) mass is 1150 g/mol. The molecule has 20 nitrogen and oxygen atoms in total. The van der Waals surface area contributed by atoms with Crippen molar-refractivity contribution < 1.29 is 77.6 Å². The first kappa shape index (κ1) is 62.1. The molecule has 1 atom stereocenters. The van der Waals surface area contributed by atoms with E-state index in [1.807, 2.05) is 64.4 Å². The average molecular weight is 1150 g/mol. The number of amides is 4. The standard InChI is InChI=1S/C61H62B4N8O12/c1-42(2)58(74)66-25-13-26-67-61(77)57(69-60(76)52-31-50(39-73(41-52)37-48-17-6-10-23-56(48)65(84)85)44-19-12-29-71(33-44)35-46-15-4-8-21-54(46)63(80)81)24-27-68-59(75)51-30-49(38-72(40-51)36-47-16-5-9-22-55(47)64(82)83)43-18-11-28-70(32-43)34-45-14-3-7-20-53(45)62(78)79/h3-12,14-23,28-33,38-41,57,78-85H,1,13,24-27,34-37H2,2H3/p+4. The predicted molar refractivity (Wildman–Crippen MR) is 320 cm³/mol. The first-order valence-electron chi connectivity index (χ1n) is 27.5. The van der Waals surface area contributed by atoms with Gasteiger partial charge in [-0.2, -0.15) is 9.13 Å². The molecule has 24 heteroatoms. The van der Waals surface area contributed by atoms with Crippen LogP contribution in [0.1, 0.15) is 62.7 Å². The van der Waals surface area contributed by atoms with E-state index >= 15 is 0 Å². The predicted octanol–water partition coefficient (Wildman–Crippen LogP) is -2.80. The normalized spacial score (nSPS) is 11.3. The minimum atomic E-state index is -1.78. The van der Waals surface area contributed by atoms with Crippen LogP contribution in [0.25, 0.3) is 22.3 Å². The Balaban J connectivity index is 1.09. The average Bonchev–Trinajstić information content (AvgIpc) is 3.66. The Kier molecular flexibility index (Phi) is 21.6. The molecule has 0 aliphatic rings. The second-order valence-electron chi connectivity index (χ2n) is 20.5. The molecule has 0 fully saturated rings. The van der Waals surface area contributed by atoms with Crippen molar-refractivity contribution >= 4 is 74.0 Å². The number of nitrogens with one attached hydrogen (secondary N) is 4. The van der Waals surface area contributed by atoms with Crippen LogP contribution in [0.2, 0.25) is 0 Å². The van der Waals surface area contributed by atoms with Crippen molar-refractivity contribution in [2.24, 2.45) is 0 Å². The Hall–Kier alpha value is -8.96. The van der Waals surface area contributed by atoms with Gasteiger partial charge in [0.25, 0.3) is 11.8 Å². The molecule has 8 rings (SSSR count). The molecule has 4 aromatic carbocycles. The zero-order chi connectivity index (χ0) is 60.6. The summed E-state index contributed by atoms with van der Waals surface area (Å²) in [5.41, 5.74) is 6.90. The highest BCUT2D eigenvalue weighted by Crippen LogP contribution is 2.20. The van der Waals surface area contributed by atoms with Gasteiger partial charge >= 0.3 is 28.5 Å².